The van der Waals surface area contributed by atoms with Crippen LogP contribution in [-0.4, -0.2) is 19.2 Å². The van der Waals surface area contributed by atoms with Gasteiger partial charge in [0.2, 0.25) is 0 Å². The van der Waals surface area contributed by atoms with E-state index < -0.39 is 0 Å². The Morgan fingerprint density at radius 1 is 1.10 bits per heavy atom. The third-order valence-corrected chi connectivity index (χ3v) is 3.49. The molecule has 0 amide bonds. The molecule has 0 fully saturated rings. The average Bonchev–Trinajstić information content (AvgIpc) is 2.50. The first kappa shape index (κ1) is 15.4. The molecule has 0 radical (unpaired) electrons. The molecule has 0 bridgehead atoms. The summed E-state index contributed by atoms with van der Waals surface area (Å²) in [6, 6.07) is 14.5. The number of anilines is 1. The minimum Gasteiger partial charge on any atom is -0.493 e. The SMILES string of the molecule is Nc1cc(C(=O)OCCCOc2ccccc2)ccc1Br. The van der Waals surface area contributed by atoms with Crippen LogP contribution in [0.2, 0.25) is 0 Å². The maximum atomic E-state index is 11.8. The summed E-state index contributed by atoms with van der Waals surface area (Å²) >= 11 is 3.28. The Bertz CT molecular complexity index is 602. The van der Waals surface area contributed by atoms with Gasteiger partial charge in [0.15, 0.2) is 0 Å². The molecule has 0 heterocycles. The molecule has 2 N–H and O–H groups in total. The second-order valence-corrected chi connectivity index (χ2v) is 5.24. The van der Waals surface area contributed by atoms with E-state index in [-0.39, 0.29) is 5.97 Å². The number of para-hydroxylation sites is 1. The molecule has 0 spiro atoms. The number of benzene rings is 2. The highest BCUT2D eigenvalue weighted by atomic mass is 79.9. The molecule has 2 rings (SSSR count). The maximum absolute atomic E-state index is 11.8. The Morgan fingerprint density at radius 2 is 1.86 bits per heavy atom. The summed E-state index contributed by atoms with van der Waals surface area (Å²) in [5.41, 5.74) is 6.68. The molecule has 0 atom stereocenters. The average molecular weight is 350 g/mol. The molecular formula is C16H16BrNO3. The number of carbonyl (C=O) groups excluding carboxylic acids is 1. The number of ether oxygens (including phenoxy) is 2. The predicted octanol–water partition coefficient (Wildman–Crippen LogP) is 3.66. The molecule has 0 aromatic heterocycles. The molecule has 0 aliphatic carbocycles. The van der Waals surface area contributed by atoms with Crippen LogP contribution in [0, 0.1) is 0 Å². The first-order valence-corrected chi connectivity index (χ1v) is 7.36. The van der Waals surface area contributed by atoms with E-state index in [0.717, 1.165) is 10.2 Å². The molecule has 0 saturated heterocycles. The van der Waals surface area contributed by atoms with Crippen LogP contribution in [0.5, 0.6) is 5.75 Å². The third kappa shape index (κ3) is 4.79. The van der Waals surface area contributed by atoms with Crippen LogP contribution in [0.3, 0.4) is 0 Å². The molecule has 0 aliphatic heterocycles. The zero-order chi connectivity index (χ0) is 15.1. The van der Waals surface area contributed by atoms with Crippen molar-refractivity contribution in [2.24, 2.45) is 0 Å². The number of nitrogen functional groups attached to an aromatic ring is 1. The van der Waals surface area contributed by atoms with Gasteiger partial charge in [-0.2, -0.15) is 0 Å². The molecule has 0 aliphatic rings. The van der Waals surface area contributed by atoms with Gasteiger partial charge in [-0.1, -0.05) is 18.2 Å². The topological polar surface area (TPSA) is 61.6 Å². The quantitative estimate of drug-likeness (QED) is 0.491. The van der Waals surface area contributed by atoms with Crippen molar-refractivity contribution in [1.82, 2.24) is 0 Å². The molecular weight excluding hydrogens is 334 g/mol. The van der Waals surface area contributed by atoms with E-state index in [1.165, 1.54) is 0 Å². The summed E-state index contributed by atoms with van der Waals surface area (Å²) in [6.07, 6.45) is 0.632. The van der Waals surface area contributed by atoms with E-state index in [4.69, 9.17) is 15.2 Å². The van der Waals surface area contributed by atoms with Crippen molar-refractivity contribution < 1.29 is 14.3 Å². The van der Waals surface area contributed by atoms with Crippen molar-refractivity contribution in [1.29, 1.82) is 0 Å². The van der Waals surface area contributed by atoms with E-state index >= 15 is 0 Å². The van der Waals surface area contributed by atoms with Crippen LogP contribution in [0.4, 0.5) is 5.69 Å². The highest BCUT2D eigenvalue weighted by Gasteiger charge is 2.08. The highest BCUT2D eigenvalue weighted by Crippen LogP contribution is 2.20. The molecule has 0 saturated carbocycles. The van der Waals surface area contributed by atoms with Crippen LogP contribution in [0.1, 0.15) is 16.8 Å². The first-order valence-electron chi connectivity index (χ1n) is 6.57. The minimum atomic E-state index is -0.381. The van der Waals surface area contributed by atoms with E-state index in [0.29, 0.717) is 30.9 Å². The largest absolute Gasteiger partial charge is 0.493 e. The Kier molecular flexibility index (Phi) is 5.63. The van der Waals surface area contributed by atoms with Gasteiger partial charge in [0.05, 0.1) is 18.8 Å². The van der Waals surface area contributed by atoms with E-state index in [2.05, 4.69) is 15.9 Å². The Morgan fingerprint density at radius 3 is 2.57 bits per heavy atom. The number of hydrogen-bond acceptors (Lipinski definition) is 4. The van der Waals surface area contributed by atoms with Crippen molar-refractivity contribution in [3.63, 3.8) is 0 Å². The van der Waals surface area contributed by atoms with Crippen LogP contribution in [0.15, 0.2) is 53.0 Å². The first-order chi connectivity index (χ1) is 10.2. The number of nitrogens with two attached hydrogens (primary N) is 1. The fourth-order valence-electron chi connectivity index (χ4n) is 1.68. The smallest absolute Gasteiger partial charge is 0.338 e. The van der Waals surface area contributed by atoms with Crippen molar-refractivity contribution in [3.8, 4) is 5.75 Å². The van der Waals surface area contributed by atoms with Gasteiger partial charge in [0.25, 0.3) is 0 Å². The number of esters is 1. The lowest BCUT2D eigenvalue weighted by molar-refractivity contribution is 0.0486. The maximum Gasteiger partial charge on any atom is 0.338 e. The second kappa shape index (κ2) is 7.69. The van der Waals surface area contributed by atoms with Crippen LogP contribution < -0.4 is 10.5 Å². The van der Waals surface area contributed by atoms with Gasteiger partial charge in [-0.15, -0.1) is 0 Å². The van der Waals surface area contributed by atoms with Crippen molar-refractivity contribution >= 4 is 27.6 Å². The van der Waals surface area contributed by atoms with E-state index in [1.807, 2.05) is 30.3 Å². The molecule has 5 heteroatoms. The Hall–Kier alpha value is -2.01. The lowest BCUT2D eigenvalue weighted by Gasteiger charge is -2.07. The van der Waals surface area contributed by atoms with E-state index in [1.54, 1.807) is 18.2 Å². The summed E-state index contributed by atoms with van der Waals surface area (Å²) in [5, 5.41) is 0. The zero-order valence-corrected chi connectivity index (χ0v) is 13.0. The molecule has 4 nitrogen and oxygen atoms in total. The van der Waals surface area contributed by atoms with Crippen molar-refractivity contribution in [2.75, 3.05) is 18.9 Å². The lowest BCUT2D eigenvalue weighted by atomic mass is 10.2. The van der Waals surface area contributed by atoms with Crippen LogP contribution >= 0.6 is 15.9 Å². The summed E-state index contributed by atoms with van der Waals surface area (Å²) in [4.78, 5) is 11.8. The lowest BCUT2D eigenvalue weighted by Crippen LogP contribution is -2.09. The second-order valence-electron chi connectivity index (χ2n) is 4.39. The normalized spacial score (nSPS) is 10.1. The number of carbonyl (C=O) groups is 1. The fraction of sp³-hybridized carbons (Fsp3) is 0.188. The highest BCUT2D eigenvalue weighted by molar-refractivity contribution is 9.10. The van der Waals surface area contributed by atoms with Gasteiger partial charge in [-0.05, 0) is 46.3 Å². The Labute approximate surface area is 132 Å². The molecule has 2 aromatic carbocycles. The summed E-state index contributed by atoms with van der Waals surface area (Å²) < 4.78 is 11.4. The van der Waals surface area contributed by atoms with Gasteiger partial charge in [0.1, 0.15) is 5.75 Å². The molecule has 110 valence electrons. The summed E-state index contributed by atoms with van der Waals surface area (Å²) in [6.45, 7) is 0.807. The molecule has 21 heavy (non-hydrogen) atoms. The van der Waals surface area contributed by atoms with Gasteiger partial charge < -0.3 is 15.2 Å². The standard InChI is InChI=1S/C16H16BrNO3/c17-14-8-7-12(11-15(14)18)16(19)21-10-4-9-20-13-5-2-1-3-6-13/h1-3,5-8,11H,4,9-10,18H2. The van der Waals surface area contributed by atoms with Crippen molar-refractivity contribution in [2.45, 2.75) is 6.42 Å². The number of halogens is 1. The van der Waals surface area contributed by atoms with Crippen LogP contribution in [-0.2, 0) is 4.74 Å². The van der Waals surface area contributed by atoms with Gasteiger partial charge >= 0.3 is 5.97 Å². The third-order valence-electron chi connectivity index (χ3n) is 2.77. The monoisotopic (exact) mass is 349 g/mol. The summed E-state index contributed by atoms with van der Waals surface area (Å²) in [7, 11) is 0. The van der Waals surface area contributed by atoms with Crippen LogP contribution in [0.25, 0.3) is 0 Å². The van der Waals surface area contributed by atoms with E-state index in [9.17, 15) is 4.79 Å². The van der Waals surface area contributed by atoms with Crippen molar-refractivity contribution in [3.05, 3.63) is 58.6 Å². The molecule has 2 aromatic rings. The summed E-state index contributed by atoms with van der Waals surface area (Å²) in [5.74, 6) is 0.429. The van der Waals surface area contributed by atoms with Gasteiger partial charge in [-0.25, -0.2) is 4.79 Å². The van der Waals surface area contributed by atoms with Gasteiger partial charge in [-0.3, -0.25) is 0 Å². The Balaban J connectivity index is 1.71. The number of rotatable bonds is 6. The minimum absolute atomic E-state index is 0.307. The zero-order valence-electron chi connectivity index (χ0n) is 11.4. The fourth-order valence-corrected chi connectivity index (χ4v) is 1.93. The van der Waals surface area contributed by atoms with Gasteiger partial charge in [0, 0.05) is 16.6 Å². The molecule has 0 unspecified atom stereocenters. The number of hydrogen-bond donors (Lipinski definition) is 1. The predicted molar refractivity (Wildman–Crippen MR) is 85.4 cm³/mol.